The molecule has 1 aliphatic carbocycles. The zero-order valence-corrected chi connectivity index (χ0v) is 16.6. The topological polar surface area (TPSA) is 73.9 Å². The van der Waals surface area contributed by atoms with E-state index in [-0.39, 0.29) is 5.78 Å². The van der Waals surface area contributed by atoms with Crippen molar-refractivity contribution < 1.29 is 14.3 Å². The number of ketones is 1. The van der Waals surface area contributed by atoms with E-state index in [0.29, 0.717) is 35.6 Å². The fourth-order valence-electron chi connectivity index (χ4n) is 3.20. The van der Waals surface area contributed by atoms with Gasteiger partial charge in [-0.2, -0.15) is 0 Å². The first-order valence-corrected chi connectivity index (χ1v) is 9.28. The number of carbonyl (C=O) groups excluding carboxylic acids is 1. The zero-order chi connectivity index (χ0) is 20.6. The van der Waals surface area contributed by atoms with Crippen molar-refractivity contribution in [3.05, 3.63) is 94.7 Å². The van der Waals surface area contributed by atoms with Gasteiger partial charge in [0.25, 0.3) is 0 Å². The third-order valence-electron chi connectivity index (χ3n) is 4.65. The fraction of sp³-hybridized carbons (Fsp3) is 0.167. The predicted octanol–water partition coefficient (Wildman–Crippen LogP) is 4.04. The van der Waals surface area contributed by atoms with Crippen LogP contribution in [0.15, 0.2) is 83.0 Å². The molecule has 29 heavy (non-hydrogen) atoms. The number of hydrogen-bond donors (Lipinski definition) is 1. The van der Waals surface area contributed by atoms with Gasteiger partial charge in [-0.3, -0.25) is 9.79 Å². The van der Waals surface area contributed by atoms with Gasteiger partial charge in [0.1, 0.15) is 0 Å². The molecule has 2 aromatic carbocycles. The van der Waals surface area contributed by atoms with Crippen molar-refractivity contribution in [3.8, 4) is 11.5 Å². The van der Waals surface area contributed by atoms with Crippen LogP contribution in [-0.4, -0.2) is 26.2 Å². The molecule has 2 N–H and O–H groups in total. The molecule has 0 spiro atoms. The minimum absolute atomic E-state index is 0.0153. The number of Topliss-reactive ketones (excluding diaryl/α,β-unsaturated/α-hetero) is 1. The fourth-order valence-corrected chi connectivity index (χ4v) is 3.20. The summed E-state index contributed by atoms with van der Waals surface area (Å²) in [6.45, 7) is 0.595. The quantitative estimate of drug-likeness (QED) is 0.441. The normalized spacial score (nSPS) is 15.4. The second kappa shape index (κ2) is 9.55. The van der Waals surface area contributed by atoms with E-state index in [1.165, 1.54) is 6.20 Å². The van der Waals surface area contributed by atoms with E-state index in [1.807, 2.05) is 48.6 Å². The Bertz CT molecular complexity index is 1000. The Labute approximate surface area is 170 Å². The maximum absolute atomic E-state index is 12.8. The molecule has 0 radical (unpaired) electrons. The standard InChI is InChI=1S/C24H24N2O3/c1-28-22-14-19-13-20(24(27)21(19)15-23(22)29-2)12-17(8-10-25)9-11-26-16-18-6-4-3-5-7-18/h3-12,14-15H,13,16,25H2,1-2H3/b10-8?,17-9+,20-12+,26-11?. The van der Waals surface area contributed by atoms with Gasteiger partial charge in [0.2, 0.25) is 0 Å². The van der Waals surface area contributed by atoms with Gasteiger partial charge in [-0.15, -0.1) is 0 Å². The van der Waals surface area contributed by atoms with Crippen molar-refractivity contribution >= 4 is 12.0 Å². The molecule has 0 bridgehead atoms. The van der Waals surface area contributed by atoms with Gasteiger partial charge in [-0.1, -0.05) is 30.3 Å². The van der Waals surface area contributed by atoms with Crippen LogP contribution in [0.3, 0.4) is 0 Å². The summed E-state index contributed by atoms with van der Waals surface area (Å²) < 4.78 is 10.7. The van der Waals surface area contributed by atoms with Gasteiger partial charge < -0.3 is 15.2 Å². The first-order valence-electron chi connectivity index (χ1n) is 9.28. The van der Waals surface area contributed by atoms with Crippen molar-refractivity contribution in [1.82, 2.24) is 0 Å². The van der Waals surface area contributed by atoms with Gasteiger partial charge in [-0.25, -0.2) is 0 Å². The molecule has 2 aromatic rings. The number of rotatable bonds is 7. The molecule has 0 aliphatic heterocycles. The third-order valence-corrected chi connectivity index (χ3v) is 4.65. The van der Waals surface area contributed by atoms with E-state index in [4.69, 9.17) is 15.2 Å². The summed E-state index contributed by atoms with van der Waals surface area (Å²) >= 11 is 0. The van der Waals surface area contributed by atoms with Crippen LogP contribution in [0.1, 0.15) is 21.5 Å². The van der Waals surface area contributed by atoms with Gasteiger partial charge in [0.05, 0.1) is 20.8 Å². The minimum atomic E-state index is -0.0153. The third kappa shape index (κ3) is 4.82. The summed E-state index contributed by atoms with van der Waals surface area (Å²) in [5.41, 5.74) is 9.78. The van der Waals surface area contributed by atoms with Crippen LogP contribution in [0.25, 0.3) is 0 Å². The minimum Gasteiger partial charge on any atom is -0.493 e. The molecular weight excluding hydrogens is 364 g/mol. The molecule has 0 atom stereocenters. The summed E-state index contributed by atoms with van der Waals surface area (Å²) in [4.78, 5) is 17.3. The Morgan fingerprint density at radius 2 is 1.86 bits per heavy atom. The lowest BCUT2D eigenvalue weighted by atomic mass is 10.1. The number of nitrogens with two attached hydrogens (primary N) is 1. The van der Waals surface area contributed by atoms with Crippen LogP contribution in [-0.2, 0) is 13.0 Å². The maximum atomic E-state index is 12.8. The van der Waals surface area contributed by atoms with Crippen molar-refractivity contribution in [2.75, 3.05) is 14.2 Å². The molecule has 0 unspecified atom stereocenters. The maximum Gasteiger partial charge on any atom is 0.189 e. The Kier molecular flexibility index (Phi) is 6.63. The number of hydrogen-bond acceptors (Lipinski definition) is 5. The highest BCUT2D eigenvalue weighted by molar-refractivity contribution is 6.13. The molecule has 0 amide bonds. The van der Waals surface area contributed by atoms with Gasteiger partial charge in [-0.05, 0) is 53.3 Å². The number of methoxy groups -OCH3 is 2. The van der Waals surface area contributed by atoms with E-state index in [9.17, 15) is 4.79 Å². The van der Waals surface area contributed by atoms with E-state index in [0.717, 1.165) is 16.7 Å². The molecule has 0 fully saturated rings. The van der Waals surface area contributed by atoms with Crippen LogP contribution in [0.5, 0.6) is 11.5 Å². The van der Waals surface area contributed by atoms with E-state index >= 15 is 0 Å². The zero-order valence-electron chi connectivity index (χ0n) is 16.6. The lowest BCUT2D eigenvalue weighted by Gasteiger charge is -2.08. The van der Waals surface area contributed by atoms with Crippen LogP contribution in [0.2, 0.25) is 0 Å². The predicted molar refractivity (Wildman–Crippen MR) is 116 cm³/mol. The summed E-state index contributed by atoms with van der Waals surface area (Å²) in [6, 6.07) is 13.6. The average Bonchev–Trinajstić information content (AvgIpc) is 3.05. The highest BCUT2D eigenvalue weighted by atomic mass is 16.5. The lowest BCUT2D eigenvalue weighted by molar-refractivity contribution is 0.103. The van der Waals surface area contributed by atoms with Crippen LogP contribution >= 0.6 is 0 Å². The number of carbonyl (C=O) groups is 1. The largest absolute Gasteiger partial charge is 0.493 e. The van der Waals surface area contributed by atoms with Crippen molar-refractivity contribution in [2.45, 2.75) is 13.0 Å². The molecule has 0 aromatic heterocycles. The van der Waals surface area contributed by atoms with Crippen molar-refractivity contribution in [2.24, 2.45) is 10.7 Å². The van der Waals surface area contributed by atoms with Crippen molar-refractivity contribution in [3.63, 3.8) is 0 Å². The van der Waals surface area contributed by atoms with Gasteiger partial charge in [0, 0.05) is 23.8 Å². The van der Waals surface area contributed by atoms with Crippen LogP contribution in [0.4, 0.5) is 0 Å². The molecule has 0 heterocycles. The summed E-state index contributed by atoms with van der Waals surface area (Å²) in [6.07, 6.45) is 9.16. The van der Waals surface area contributed by atoms with Gasteiger partial charge in [0.15, 0.2) is 17.3 Å². The van der Waals surface area contributed by atoms with E-state index < -0.39 is 0 Å². The number of ether oxygens (including phenoxy) is 2. The van der Waals surface area contributed by atoms with Crippen molar-refractivity contribution in [1.29, 1.82) is 0 Å². The molecule has 1 aliphatic rings. The van der Waals surface area contributed by atoms with E-state index in [2.05, 4.69) is 4.99 Å². The molecule has 0 saturated carbocycles. The summed E-state index contributed by atoms with van der Waals surface area (Å²) in [7, 11) is 3.14. The number of nitrogens with zero attached hydrogens (tertiary/aromatic N) is 1. The second-order valence-electron chi connectivity index (χ2n) is 6.54. The Hall–Kier alpha value is -3.60. The number of benzene rings is 2. The molecular formula is C24H24N2O3. The summed E-state index contributed by atoms with van der Waals surface area (Å²) in [5.74, 6) is 1.15. The Morgan fingerprint density at radius 3 is 2.55 bits per heavy atom. The van der Waals surface area contributed by atoms with E-state index in [1.54, 1.807) is 32.6 Å². The molecule has 5 nitrogen and oxygen atoms in total. The number of fused-ring (bicyclic) bond motifs is 1. The molecule has 3 rings (SSSR count). The van der Waals surface area contributed by atoms with Gasteiger partial charge >= 0.3 is 0 Å². The first-order chi connectivity index (χ1) is 14.2. The van der Waals surface area contributed by atoms with Crippen LogP contribution in [0, 0.1) is 0 Å². The highest BCUT2D eigenvalue weighted by Gasteiger charge is 2.27. The Balaban J connectivity index is 1.81. The van der Waals surface area contributed by atoms with Crippen LogP contribution < -0.4 is 15.2 Å². The number of allylic oxidation sites excluding steroid dienone is 5. The Morgan fingerprint density at radius 1 is 1.14 bits per heavy atom. The summed E-state index contributed by atoms with van der Waals surface area (Å²) in [5, 5.41) is 0. The monoisotopic (exact) mass is 388 g/mol. The second-order valence-corrected chi connectivity index (χ2v) is 6.54. The smallest absolute Gasteiger partial charge is 0.189 e. The SMILES string of the molecule is COc1cc2c(cc1OC)C(=O)/C(=C/C(C=CN)=C/C=NCc1ccccc1)C2. The highest BCUT2D eigenvalue weighted by Crippen LogP contribution is 2.36. The molecule has 148 valence electrons. The number of aliphatic imine (C=N–C) groups is 1. The first kappa shape index (κ1) is 20.1. The molecule has 0 saturated heterocycles. The average molecular weight is 388 g/mol. The lowest BCUT2D eigenvalue weighted by Crippen LogP contribution is -1.98. The molecule has 5 heteroatoms.